The van der Waals surface area contributed by atoms with Crippen LogP contribution in [0.3, 0.4) is 0 Å². The van der Waals surface area contributed by atoms with Gasteiger partial charge in [-0.15, -0.1) is 11.8 Å². The summed E-state index contributed by atoms with van der Waals surface area (Å²) >= 11 is 5.07. The van der Waals surface area contributed by atoms with Crippen molar-refractivity contribution in [3.8, 4) is 0 Å². The molecule has 0 spiro atoms. The lowest BCUT2D eigenvalue weighted by Crippen LogP contribution is -2.05. The van der Waals surface area contributed by atoms with Gasteiger partial charge in [0.25, 0.3) is 0 Å². The minimum atomic E-state index is -0.223. The summed E-state index contributed by atoms with van der Waals surface area (Å²) in [5.41, 5.74) is 1.01. The summed E-state index contributed by atoms with van der Waals surface area (Å²) in [6, 6.07) is 6.56. The summed E-state index contributed by atoms with van der Waals surface area (Å²) in [6.45, 7) is 2.12. The van der Waals surface area contributed by atoms with Gasteiger partial charge in [0.2, 0.25) is 0 Å². The highest BCUT2D eigenvalue weighted by atomic mass is 79.9. The Hall–Kier alpha value is -1.14. The third-order valence-electron chi connectivity index (χ3n) is 2.85. The van der Waals surface area contributed by atoms with Crippen LogP contribution in [0.5, 0.6) is 0 Å². The smallest absolute Gasteiger partial charge is 0.144 e. The van der Waals surface area contributed by atoms with E-state index in [4.69, 9.17) is 0 Å². The molecule has 21 heavy (non-hydrogen) atoms. The first-order valence-corrected chi connectivity index (χ1v) is 8.53. The van der Waals surface area contributed by atoms with E-state index in [1.54, 1.807) is 6.07 Å². The Morgan fingerprint density at radius 2 is 2.14 bits per heavy atom. The van der Waals surface area contributed by atoms with Gasteiger partial charge in [-0.2, -0.15) is 0 Å². The Labute approximate surface area is 136 Å². The maximum Gasteiger partial charge on any atom is 0.144 e. The molecule has 0 fully saturated rings. The van der Waals surface area contributed by atoms with Crippen LogP contribution in [0.1, 0.15) is 24.9 Å². The van der Waals surface area contributed by atoms with Crippen molar-refractivity contribution in [3.05, 3.63) is 46.1 Å². The molecule has 0 aliphatic heterocycles. The van der Waals surface area contributed by atoms with E-state index in [1.807, 2.05) is 13.1 Å². The van der Waals surface area contributed by atoms with Crippen molar-refractivity contribution in [2.24, 2.45) is 0 Å². The molecule has 112 valence electrons. The Morgan fingerprint density at radius 3 is 2.81 bits per heavy atom. The third kappa shape index (κ3) is 4.41. The molecule has 0 saturated heterocycles. The number of aromatic nitrogens is 2. The maximum absolute atomic E-state index is 13.2. The van der Waals surface area contributed by atoms with Crippen molar-refractivity contribution in [3.63, 3.8) is 0 Å². The Kier molecular flexibility index (Phi) is 5.99. The zero-order valence-corrected chi connectivity index (χ0v) is 14.4. The molecule has 0 aliphatic rings. The fraction of sp³-hybridized carbons (Fsp3) is 0.333. The second-order valence-electron chi connectivity index (χ2n) is 4.50. The number of hydrogen-bond donors (Lipinski definition) is 1. The lowest BCUT2D eigenvalue weighted by molar-refractivity contribution is 0.624. The number of nitrogens with zero attached hydrogens (tertiary/aromatic N) is 2. The number of benzene rings is 1. The monoisotopic (exact) mass is 369 g/mol. The molecule has 0 atom stereocenters. The topological polar surface area (TPSA) is 37.8 Å². The standard InChI is InChI=1S/C15H17BrFN3S/c1-3-5-12-14(16)15(18-2)20-13(19-12)9-21-11-7-4-6-10(17)8-11/h4,6-8H,3,5,9H2,1-2H3,(H,18,19,20). The van der Waals surface area contributed by atoms with E-state index in [1.165, 1.54) is 23.9 Å². The molecular weight excluding hydrogens is 353 g/mol. The van der Waals surface area contributed by atoms with Crippen LogP contribution in [0.15, 0.2) is 33.6 Å². The van der Waals surface area contributed by atoms with Gasteiger partial charge in [-0.3, -0.25) is 0 Å². The van der Waals surface area contributed by atoms with Crippen molar-refractivity contribution in [2.45, 2.75) is 30.4 Å². The lowest BCUT2D eigenvalue weighted by Gasteiger charge is -2.10. The first-order valence-electron chi connectivity index (χ1n) is 6.75. The highest BCUT2D eigenvalue weighted by Crippen LogP contribution is 2.27. The van der Waals surface area contributed by atoms with E-state index in [-0.39, 0.29) is 5.82 Å². The molecule has 0 radical (unpaired) electrons. The normalized spacial score (nSPS) is 10.7. The summed E-state index contributed by atoms with van der Waals surface area (Å²) in [6.07, 6.45) is 1.92. The van der Waals surface area contributed by atoms with Gasteiger partial charge >= 0.3 is 0 Å². The molecule has 2 aromatic rings. The van der Waals surface area contributed by atoms with E-state index >= 15 is 0 Å². The predicted octanol–water partition coefficient (Wildman–Crippen LogP) is 4.66. The molecule has 1 aromatic heterocycles. The highest BCUT2D eigenvalue weighted by Gasteiger charge is 2.11. The molecule has 6 heteroatoms. The summed E-state index contributed by atoms with van der Waals surface area (Å²) in [4.78, 5) is 9.96. The predicted molar refractivity (Wildman–Crippen MR) is 89.2 cm³/mol. The Balaban J connectivity index is 2.17. The number of thioether (sulfide) groups is 1. The summed E-state index contributed by atoms with van der Waals surface area (Å²) in [5, 5.41) is 3.07. The molecule has 0 amide bonds. The van der Waals surface area contributed by atoms with Gasteiger partial charge in [-0.05, 0) is 40.5 Å². The molecule has 0 saturated carbocycles. The van der Waals surface area contributed by atoms with E-state index in [0.717, 1.165) is 39.5 Å². The van der Waals surface area contributed by atoms with Crippen LogP contribution >= 0.6 is 27.7 Å². The molecule has 0 bridgehead atoms. The molecule has 1 N–H and O–H groups in total. The van der Waals surface area contributed by atoms with E-state index < -0.39 is 0 Å². The van der Waals surface area contributed by atoms with Crippen LogP contribution in [0.4, 0.5) is 10.2 Å². The quantitative estimate of drug-likeness (QED) is 0.751. The second kappa shape index (κ2) is 7.75. The highest BCUT2D eigenvalue weighted by molar-refractivity contribution is 9.10. The van der Waals surface area contributed by atoms with Crippen LogP contribution in [-0.2, 0) is 12.2 Å². The first-order chi connectivity index (χ1) is 10.1. The zero-order chi connectivity index (χ0) is 15.2. The van der Waals surface area contributed by atoms with Crippen molar-refractivity contribution in [1.29, 1.82) is 0 Å². The number of hydrogen-bond acceptors (Lipinski definition) is 4. The number of rotatable bonds is 6. The van der Waals surface area contributed by atoms with E-state index in [2.05, 4.69) is 38.1 Å². The second-order valence-corrected chi connectivity index (χ2v) is 6.34. The van der Waals surface area contributed by atoms with Gasteiger partial charge in [-0.1, -0.05) is 19.4 Å². The minimum Gasteiger partial charge on any atom is -0.372 e. The number of nitrogens with one attached hydrogen (secondary N) is 1. The molecule has 0 aliphatic carbocycles. The third-order valence-corrected chi connectivity index (χ3v) is 4.68. The number of aryl methyl sites for hydroxylation is 1. The fourth-order valence-corrected chi connectivity index (χ4v) is 3.25. The zero-order valence-electron chi connectivity index (χ0n) is 12.0. The molecule has 1 aromatic carbocycles. The number of halogens is 2. The van der Waals surface area contributed by atoms with Crippen LogP contribution in [0.25, 0.3) is 0 Å². The van der Waals surface area contributed by atoms with Gasteiger partial charge < -0.3 is 5.32 Å². The van der Waals surface area contributed by atoms with Crippen molar-refractivity contribution in [2.75, 3.05) is 12.4 Å². The average molecular weight is 370 g/mol. The summed E-state index contributed by atoms with van der Waals surface area (Å²) in [5.74, 6) is 1.94. The van der Waals surface area contributed by atoms with E-state index in [9.17, 15) is 4.39 Å². The Bertz CT molecular complexity index is 622. The van der Waals surface area contributed by atoms with Crippen LogP contribution in [0, 0.1) is 5.82 Å². The number of anilines is 1. The lowest BCUT2D eigenvalue weighted by atomic mass is 10.2. The van der Waals surface area contributed by atoms with Gasteiger partial charge in [-0.25, -0.2) is 14.4 Å². The fourth-order valence-electron chi connectivity index (χ4n) is 1.88. The van der Waals surface area contributed by atoms with Crippen molar-refractivity contribution in [1.82, 2.24) is 9.97 Å². The molecular formula is C15H17BrFN3S. The van der Waals surface area contributed by atoms with Gasteiger partial charge in [0, 0.05) is 11.9 Å². The van der Waals surface area contributed by atoms with Crippen molar-refractivity contribution >= 4 is 33.5 Å². The SMILES string of the molecule is CCCc1nc(CSc2cccc(F)c2)nc(NC)c1Br. The van der Waals surface area contributed by atoms with Crippen LogP contribution in [-0.4, -0.2) is 17.0 Å². The molecule has 1 heterocycles. The largest absolute Gasteiger partial charge is 0.372 e. The molecule has 2 rings (SSSR count). The minimum absolute atomic E-state index is 0.223. The maximum atomic E-state index is 13.2. The first kappa shape index (κ1) is 16.2. The van der Waals surface area contributed by atoms with Gasteiger partial charge in [0.15, 0.2) is 0 Å². The van der Waals surface area contributed by atoms with Gasteiger partial charge in [0.1, 0.15) is 17.5 Å². The summed E-state index contributed by atoms with van der Waals surface area (Å²) in [7, 11) is 1.84. The van der Waals surface area contributed by atoms with Gasteiger partial charge in [0.05, 0.1) is 15.9 Å². The molecule has 0 unspecified atom stereocenters. The van der Waals surface area contributed by atoms with Crippen LogP contribution < -0.4 is 5.32 Å². The van der Waals surface area contributed by atoms with E-state index in [0.29, 0.717) is 5.75 Å². The van der Waals surface area contributed by atoms with Crippen molar-refractivity contribution < 1.29 is 4.39 Å². The summed E-state index contributed by atoms with van der Waals surface area (Å²) < 4.78 is 14.1. The molecule has 3 nitrogen and oxygen atoms in total. The Morgan fingerprint density at radius 1 is 1.33 bits per heavy atom. The average Bonchev–Trinajstić information content (AvgIpc) is 2.48. The van der Waals surface area contributed by atoms with Crippen LogP contribution in [0.2, 0.25) is 0 Å².